The van der Waals surface area contributed by atoms with E-state index < -0.39 is 15.4 Å². The molecule has 0 atom stereocenters. The number of carbonyl (C=O) groups excluding carboxylic acids is 1. The largest absolute Gasteiger partial charge is 0.324 e. The first-order valence-electron chi connectivity index (χ1n) is 6.72. The minimum Gasteiger partial charge on any atom is -0.324 e. The van der Waals surface area contributed by atoms with Crippen LogP contribution < -0.4 is 11.1 Å². The molecule has 0 saturated heterocycles. The SMILES string of the molecule is CCC(N)(CC)C(=O)Nc1ccc(S(=O)(=O)CC)cc1. The van der Waals surface area contributed by atoms with Crippen molar-refractivity contribution in [2.24, 2.45) is 5.73 Å². The predicted molar refractivity (Wildman–Crippen MR) is 80.3 cm³/mol. The Morgan fingerprint density at radius 2 is 1.65 bits per heavy atom. The summed E-state index contributed by atoms with van der Waals surface area (Å²) in [5.74, 6) is -0.204. The van der Waals surface area contributed by atoms with Crippen LogP contribution >= 0.6 is 0 Å². The predicted octanol–water partition coefficient (Wildman–Crippen LogP) is 1.94. The Hall–Kier alpha value is -1.40. The van der Waals surface area contributed by atoms with Crippen molar-refractivity contribution in [2.45, 2.75) is 44.0 Å². The summed E-state index contributed by atoms with van der Waals surface area (Å²) < 4.78 is 23.4. The zero-order valence-corrected chi connectivity index (χ0v) is 13.0. The molecule has 0 unspecified atom stereocenters. The molecule has 0 aliphatic heterocycles. The van der Waals surface area contributed by atoms with Gasteiger partial charge in [0.2, 0.25) is 5.91 Å². The number of nitrogens with two attached hydrogens (primary N) is 1. The van der Waals surface area contributed by atoms with Crippen LogP contribution in [0.5, 0.6) is 0 Å². The van der Waals surface area contributed by atoms with Crippen molar-refractivity contribution in [1.29, 1.82) is 0 Å². The van der Waals surface area contributed by atoms with Gasteiger partial charge in [-0.3, -0.25) is 4.79 Å². The first-order chi connectivity index (χ1) is 9.29. The number of nitrogens with one attached hydrogen (secondary N) is 1. The third kappa shape index (κ3) is 3.58. The smallest absolute Gasteiger partial charge is 0.244 e. The molecule has 0 spiro atoms. The molecule has 0 heterocycles. The molecule has 0 fully saturated rings. The highest BCUT2D eigenvalue weighted by Crippen LogP contribution is 2.18. The maximum Gasteiger partial charge on any atom is 0.244 e. The first kappa shape index (κ1) is 16.7. The van der Waals surface area contributed by atoms with Crippen molar-refractivity contribution in [2.75, 3.05) is 11.1 Å². The van der Waals surface area contributed by atoms with E-state index in [1.54, 1.807) is 19.1 Å². The second kappa shape index (κ2) is 6.37. The maximum absolute atomic E-state index is 12.1. The van der Waals surface area contributed by atoms with E-state index in [9.17, 15) is 13.2 Å². The average Bonchev–Trinajstić information content (AvgIpc) is 2.46. The molecule has 0 aliphatic carbocycles. The number of amides is 1. The zero-order valence-electron chi connectivity index (χ0n) is 12.1. The monoisotopic (exact) mass is 298 g/mol. The Morgan fingerprint density at radius 1 is 1.15 bits per heavy atom. The Bertz CT molecular complexity index is 561. The van der Waals surface area contributed by atoms with Crippen molar-refractivity contribution in [3.05, 3.63) is 24.3 Å². The van der Waals surface area contributed by atoms with Crippen LogP contribution in [0.4, 0.5) is 5.69 Å². The number of carbonyl (C=O) groups is 1. The minimum absolute atomic E-state index is 0.0519. The summed E-state index contributed by atoms with van der Waals surface area (Å²) in [4.78, 5) is 12.3. The average molecular weight is 298 g/mol. The van der Waals surface area contributed by atoms with E-state index >= 15 is 0 Å². The molecule has 1 aromatic rings. The molecule has 0 radical (unpaired) electrons. The molecule has 5 nitrogen and oxygen atoms in total. The Morgan fingerprint density at radius 3 is 2.05 bits per heavy atom. The molecule has 0 saturated carbocycles. The van der Waals surface area contributed by atoms with Crippen molar-refractivity contribution in [1.82, 2.24) is 0 Å². The van der Waals surface area contributed by atoms with Gasteiger partial charge in [-0.15, -0.1) is 0 Å². The summed E-state index contributed by atoms with van der Waals surface area (Å²) >= 11 is 0. The number of sulfone groups is 1. The van der Waals surface area contributed by atoms with Crippen LogP contribution in [0.25, 0.3) is 0 Å². The molecule has 0 bridgehead atoms. The lowest BCUT2D eigenvalue weighted by Crippen LogP contribution is -2.50. The van der Waals surface area contributed by atoms with Gasteiger partial charge in [0.05, 0.1) is 16.2 Å². The van der Waals surface area contributed by atoms with Crippen LogP contribution in [0, 0.1) is 0 Å². The Labute approximate surface area is 120 Å². The summed E-state index contributed by atoms with van der Waals surface area (Å²) in [5.41, 5.74) is 5.65. The van der Waals surface area contributed by atoms with Gasteiger partial charge in [-0.2, -0.15) is 0 Å². The summed E-state index contributed by atoms with van der Waals surface area (Å²) in [6.07, 6.45) is 1.08. The number of hydrogen-bond acceptors (Lipinski definition) is 4. The van der Waals surface area contributed by atoms with Gasteiger partial charge in [-0.1, -0.05) is 20.8 Å². The Balaban J connectivity index is 2.89. The lowest BCUT2D eigenvalue weighted by Gasteiger charge is -2.25. The molecule has 0 aromatic heterocycles. The van der Waals surface area contributed by atoms with Gasteiger partial charge in [0.25, 0.3) is 0 Å². The third-order valence-electron chi connectivity index (χ3n) is 3.57. The highest BCUT2D eigenvalue weighted by molar-refractivity contribution is 7.91. The standard InChI is InChI=1S/C14H22N2O3S/c1-4-14(15,5-2)13(17)16-11-7-9-12(10-8-11)20(18,19)6-3/h7-10H,4-6,15H2,1-3H3,(H,16,17). The molecule has 0 aliphatic rings. The molecular weight excluding hydrogens is 276 g/mol. The van der Waals surface area contributed by atoms with E-state index in [4.69, 9.17) is 5.73 Å². The molecule has 20 heavy (non-hydrogen) atoms. The van der Waals surface area contributed by atoms with E-state index in [0.717, 1.165) is 0 Å². The van der Waals surface area contributed by atoms with E-state index in [1.807, 2.05) is 13.8 Å². The van der Waals surface area contributed by atoms with Crippen LogP contribution in [0.1, 0.15) is 33.6 Å². The fraction of sp³-hybridized carbons (Fsp3) is 0.500. The lowest BCUT2D eigenvalue weighted by atomic mass is 9.93. The van der Waals surface area contributed by atoms with E-state index in [1.165, 1.54) is 12.1 Å². The van der Waals surface area contributed by atoms with E-state index in [-0.39, 0.29) is 16.6 Å². The van der Waals surface area contributed by atoms with Gasteiger partial charge < -0.3 is 11.1 Å². The van der Waals surface area contributed by atoms with Crippen molar-refractivity contribution in [3.8, 4) is 0 Å². The number of anilines is 1. The third-order valence-corrected chi connectivity index (χ3v) is 5.32. The van der Waals surface area contributed by atoms with Gasteiger partial charge in [0.1, 0.15) is 0 Å². The van der Waals surface area contributed by atoms with Crippen LogP contribution in [0.15, 0.2) is 29.2 Å². The fourth-order valence-electron chi connectivity index (χ4n) is 1.74. The van der Waals surface area contributed by atoms with E-state index in [2.05, 4.69) is 5.32 Å². The van der Waals surface area contributed by atoms with E-state index in [0.29, 0.717) is 18.5 Å². The first-order valence-corrected chi connectivity index (χ1v) is 8.37. The molecule has 6 heteroatoms. The molecule has 1 aromatic carbocycles. The van der Waals surface area contributed by atoms with Gasteiger partial charge in [-0.05, 0) is 37.1 Å². The van der Waals surface area contributed by atoms with Crippen LogP contribution in [0.2, 0.25) is 0 Å². The molecule has 3 N–H and O–H groups in total. The maximum atomic E-state index is 12.1. The normalized spacial score (nSPS) is 12.2. The second-order valence-corrected chi connectivity index (χ2v) is 7.02. The fourth-order valence-corrected chi connectivity index (χ4v) is 2.62. The second-order valence-electron chi connectivity index (χ2n) is 4.75. The highest BCUT2D eigenvalue weighted by atomic mass is 32.2. The zero-order chi connectivity index (χ0) is 15.4. The summed E-state index contributed by atoms with van der Waals surface area (Å²) in [6, 6.07) is 6.13. The van der Waals surface area contributed by atoms with Gasteiger partial charge >= 0.3 is 0 Å². The van der Waals surface area contributed by atoms with Gasteiger partial charge in [0, 0.05) is 5.69 Å². The molecule has 1 amide bonds. The van der Waals surface area contributed by atoms with Crippen LogP contribution in [-0.2, 0) is 14.6 Å². The van der Waals surface area contributed by atoms with Gasteiger partial charge in [0.15, 0.2) is 9.84 Å². The van der Waals surface area contributed by atoms with Crippen LogP contribution in [0.3, 0.4) is 0 Å². The van der Waals surface area contributed by atoms with Crippen molar-refractivity contribution in [3.63, 3.8) is 0 Å². The van der Waals surface area contributed by atoms with Crippen LogP contribution in [-0.4, -0.2) is 25.6 Å². The Kier molecular flexibility index (Phi) is 5.30. The lowest BCUT2D eigenvalue weighted by molar-refractivity contribution is -0.121. The summed E-state index contributed by atoms with van der Waals surface area (Å²) in [7, 11) is -3.22. The van der Waals surface area contributed by atoms with Gasteiger partial charge in [-0.25, -0.2) is 8.42 Å². The molecular formula is C14H22N2O3S. The topological polar surface area (TPSA) is 89.3 Å². The molecule has 112 valence electrons. The summed E-state index contributed by atoms with van der Waals surface area (Å²) in [5, 5.41) is 2.72. The molecule has 1 rings (SSSR count). The quantitative estimate of drug-likeness (QED) is 0.840. The minimum atomic E-state index is -3.22. The summed E-state index contributed by atoms with van der Waals surface area (Å²) in [6.45, 7) is 5.32. The number of hydrogen-bond donors (Lipinski definition) is 2. The highest BCUT2D eigenvalue weighted by Gasteiger charge is 2.29. The number of benzene rings is 1. The van der Waals surface area contributed by atoms with Crippen molar-refractivity contribution >= 4 is 21.4 Å². The number of rotatable bonds is 6. The van der Waals surface area contributed by atoms with Crippen molar-refractivity contribution < 1.29 is 13.2 Å².